The van der Waals surface area contributed by atoms with Crippen LogP contribution in [0.4, 0.5) is 27.6 Å². The molecule has 0 radical (unpaired) electrons. The lowest BCUT2D eigenvalue weighted by Crippen LogP contribution is -2.60. The van der Waals surface area contributed by atoms with Gasteiger partial charge in [0.1, 0.15) is 16.5 Å². The molecule has 1 saturated heterocycles. The average Bonchev–Trinajstić information content (AvgIpc) is 3.34. The summed E-state index contributed by atoms with van der Waals surface area (Å²) in [6.07, 6.45) is 1.65. The lowest BCUT2D eigenvalue weighted by atomic mass is 9.90. The summed E-state index contributed by atoms with van der Waals surface area (Å²) in [4.78, 5) is 31.5. The zero-order valence-corrected chi connectivity index (χ0v) is 23.6. The van der Waals surface area contributed by atoms with Crippen molar-refractivity contribution < 1.29 is 36.6 Å². The van der Waals surface area contributed by atoms with E-state index in [0.29, 0.717) is 32.2 Å². The number of amides is 2. The maximum atomic E-state index is 14.6. The smallest absolute Gasteiger partial charge is 0.416 e. The van der Waals surface area contributed by atoms with E-state index in [4.69, 9.17) is 11.6 Å². The lowest BCUT2D eigenvalue weighted by molar-refractivity contribution is -0.160. The molecule has 2 aromatic carbocycles. The molecule has 0 aromatic heterocycles. The van der Waals surface area contributed by atoms with E-state index in [9.17, 15) is 36.6 Å². The van der Waals surface area contributed by atoms with Crippen molar-refractivity contribution in [1.82, 2.24) is 10.0 Å². The molecule has 0 unspecified atom stereocenters. The van der Waals surface area contributed by atoms with Gasteiger partial charge in [-0.15, -0.1) is 0 Å². The molecule has 3 heterocycles. The molecular weight excluding hydrogens is 595 g/mol. The Kier molecular flexibility index (Phi) is 8.19. The van der Waals surface area contributed by atoms with Crippen molar-refractivity contribution >= 4 is 40.9 Å². The Morgan fingerprint density at radius 1 is 1.16 bits per heavy atom. The summed E-state index contributed by atoms with van der Waals surface area (Å²) in [6.45, 7) is 1.48. The minimum Gasteiger partial charge on any atom is -0.509 e. The Morgan fingerprint density at radius 2 is 1.91 bits per heavy atom. The number of hydrogen-bond acceptors (Lipinski definition) is 5. The number of aliphatic hydroxyl groups is 1. The first kappa shape index (κ1) is 30.4. The molecule has 1 atom stereocenters. The summed E-state index contributed by atoms with van der Waals surface area (Å²) < 4.78 is 69.5. The van der Waals surface area contributed by atoms with E-state index >= 15 is 0 Å². The second-order valence-electron chi connectivity index (χ2n) is 10.5. The van der Waals surface area contributed by atoms with E-state index in [-0.39, 0.29) is 27.5 Å². The molecule has 226 valence electrons. The predicted molar refractivity (Wildman–Crippen MR) is 151 cm³/mol. The first-order valence-corrected chi connectivity index (χ1v) is 13.8. The van der Waals surface area contributed by atoms with Crippen molar-refractivity contribution in [3.8, 4) is 0 Å². The number of carbonyl (C=O) groups excluding carboxylic acids is 2. The van der Waals surface area contributed by atoms with Crippen LogP contribution in [-0.2, 0) is 22.3 Å². The number of hydrogen-bond donors (Lipinski definition) is 2. The van der Waals surface area contributed by atoms with E-state index in [0.717, 1.165) is 29.3 Å². The number of anilines is 1. The second-order valence-corrected chi connectivity index (χ2v) is 10.9. The van der Waals surface area contributed by atoms with E-state index < -0.39 is 58.6 Å². The highest BCUT2D eigenvalue weighted by molar-refractivity contribution is 6.30. The molecule has 0 aliphatic carbocycles. The number of nitrogens with zero attached hydrogens (tertiary/aromatic N) is 3. The molecule has 13 heteroatoms. The molecule has 5 rings (SSSR count). The van der Waals surface area contributed by atoms with Crippen LogP contribution < -0.4 is 5.32 Å². The van der Waals surface area contributed by atoms with Gasteiger partial charge in [0, 0.05) is 29.6 Å². The maximum absolute atomic E-state index is 14.6. The van der Waals surface area contributed by atoms with Crippen molar-refractivity contribution in [3.63, 3.8) is 0 Å². The number of rotatable bonds is 5. The molecule has 1 fully saturated rings. The molecule has 2 aromatic rings. The number of fused-ring (bicyclic) bond motifs is 1. The summed E-state index contributed by atoms with van der Waals surface area (Å²) in [6, 6.07) is 6.20. The third-order valence-corrected chi connectivity index (χ3v) is 8.00. The number of benzene rings is 2. The fourth-order valence-corrected chi connectivity index (χ4v) is 5.65. The minimum atomic E-state index is -4.69. The predicted octanol–water partition coefficient (Wildman–Crippen LogP) is 6.87. The first-order valence-electron chi connectivity index (χ1n) is 13.4. The molecule has 3 aliphatic rings. The van der Waals surface area contributed by atoms with Gasteiger partial charge >= 0.3 is 6.18 Å². The summed E-state index contributed by atoms with van der Waals surface area (Å²) >= 11 is 6.02. The van der Waals surface area contributed by atoms with Crippen LogP contribution in [0.3, 0.4) is 0 Å². The summed E-state index contributed by atoms with van der Waals surface area (Å²) in [5, 5.41) is 16.5. The zero-order chi connectivity index (χ0) is 31.1. The fraction of sp³-hybridized carbons (Fsp3) is 0.300. The highest BCUT2D eigenvalue weighted by Crippen LogP contribution is 2.42. The van der Waals surface area contributed by atoms with Crippen molar-refractivity contribution in [2.75, 3.05) is 11.9 Å². The summed E-state index contributed by atoms with van der Waals surface area (Å²) in [5.41, 5.74) is -2.86. The second kappa shape index (κ2) is 11.6. The van der Waals surface area contributed by atoms with Crippen LogP contribution >= 0.6 is 11.6 Å². The highest BCUT2D eigenvalue weighted by Gasteiger charge is 2.52. The number of hydrazine groups is 1. The lowest BCUT2D eigenvalue weighted by Gasteiger charge is -2.46. The molecular formula is C30H26ClF5N4O3. The SMILES string of the molecule is C[C@]12CCCN1N(Cc1cccc(F)c1F)C(=O)C(C(=O)Nc1ccc(C(F)(F)F)cc1C1=CCCC=C(Cl)N=C1)=C2O. The number of aliphatic hydroxyl groups excluding tert-OH is 1. The van der Waals surface area contributed by atoms with Crippen LogP contribution in [0.15, 0.2) is 70.0 Å². The average molecular weight is 621 g/mol. The van der Waals surface area contributed by atoms with Crippen molar-refractivity contribution in [1.29, 1.82) is 0 Å². The van der Waals surface area contributed by atoms with Crippen LogP contribution in [0.2, 0.25) is 0 Å². The summed E-state index contributed by atoms with van der Waals surface area (Å²) in [5.74, 6) is -4.85. The molecule has 43 heavy (non-hydrogen) atoms. The van der Waals surface area contributed by atoms with Gasteiger partial charge in [0.05, 0.1) is 17.6 Å². The van der Waals surface area contributed by atoms with Crippen LogP contribution in [0.25, 0.3) is 5.57 Å². The standard InChI is InChI=1S/C30H26ClF5N4O3/c1-29-12-5-13-40(29)39(16-18-7-4-8-21(32)25(18)33)28(43)24(26(29)41)27(42)38-22-11-10-19(30(34,35)36)14-20(22)17-6-2-3-9-23(31)37-15-17/h4,6-11,14-15,41H,2-3,5,12-13,16H2,1H3,(H,38,42)/t29-/m1/s1. The van der Waals surface area contributed by atoms with Gasteiger partial charge in [0.15, 0.2) is 11.6 Å². The molecule has 2 amide bonds. The Morgan fingerprint density at radius 3 is 2.65 bits per heavy atom. The largest absolute Gasteiger partial charge is 0.509 e. The number of aliphatic imine (C=N–C) groups is 1. The first-order chi connectivity index (χ1) is 20.3. The number of alkyl halides is 3. The van der Waals surface area contributed by atoms with E-state index in [1.165, 1.54) is 23.4 Å². The molecule has 0 spiro atoms. The van der Waals surface area contributed by atoms with Gasteiger partial charge in [-0.05, 0) is 68.5 Å². The van der Waals surface area contributed by atoms with Crippen LogP contribution in [0, 0.1) is 11.6 Å². The molecule has 0 bridgehead atoms. The van der Waals surface area contributed by atoms with Gasteiger partial charge < -0.3 is 10.4 Å². The number of carbonyl (C=O) groups is 2. The van der Waals surface area contributed by atoms with Crippen molar-refractivity contribution in [3.05, 3.63) is 93.4 Å². The van der Waals surface area contributed by atoms with Gasteiger partial charge in [0.2, 0.25) is 0 Å². The van der Waals surface area contributed by atoms with Gasteiger partial charge in [-0.1, -0.05) is 29.8 Å². The molecule has 0 saturated carbocycles. The maximum Gasteiger partial charge on any atom is 0.416 e. The number of allylic oxidation sites excluding steroid dienone is 3. The zero-order valence-electron chi connectivity index (χ0n) is 22.8. The third kappa shape index (κ3) is 5.81. The Bertz CT molecular complexity index is 1620. The normalized spacial score (nSPS) is 21.3. The summed E-state index contributed by atoms with van der Waals surface area (Å²) in [7, 11) is 0. The number of nitrogens with one attached hydrogen (secondary N) is 1. The van der Waals surface area contributed by atoms with Crippen LogP contribution in [0.1, 0.15) is 49.3 Å². The van der Waals surface area contributed by atoms with Gasteiger partial charge in [-0.25, -0.2) is 18.8 Å². The monoisotopic (exact) mass is 620 g/mol. The Labute approximate surface area is 248 Å². The molecule has 3 aliphatic heterocycles. The van der Waals surface area contributed by atoms with Gasteiger partial charge in [-0.3, -0.25) is 14.6 Å². The molecule has 7 nitrogen and oxygen atoms in total. The Hall–Kier alpha value is -4.03. The third-order valence-electron chi connectivity index (χ3n) is 7.75. The van der Waals surface area contributed by atoms with E-state index in [1.54, 1.807) is 19.1 Å². The van der Waals surface area contributed by atoms with Crippen LogP contribution in [-0.4, -0.2) is 45.2 Å². The number of halogens is 6. The van der Waals surface area contributed by atoms with Gasteiger partial charge in [-0.2, -0.15) is 13.2 Å². The van der Waals surface area contributed by atoms with E-state index in [1.807, 2.05) is 0 Å². The topological polar surface area (TPSA) is 85.2 Å². The van der Waals surface area contributed by atoms with Gasteiger partial charge in [0.25, 0.3) is 11.8 Å². The highest BCUT2D eigenvalue weighted by atomic mass is 35.5. The molecule has 2 N–H and O–H groups in total. The van der Waals surface area contributed by atoms with Crippen LogP contribution in [0.5, 0.6) is 0 Å². The van der Waals surface area contributed by atoms with Crippen molar-refractivity contribution in [2.24, 2.45) is 4.99 Å². The van der Waals surface area contributed by atoms with Crippen molar-refractivity contribution in [2.45, 2.75) is 50.9 Å². The minimum absolute atomic E-state index is 0.0333. The quantitative estimate of drug-likeness (QED) is 0.217. The van der Waals surface area contributed by atoms with E-state index in [2.05, 4.69) is 10.3 Å². The fourth-order valence-electron chi connectivity index (χ4n) is 5.49. The Balaban J connectivity index is 1.54.